The van der Waals surface area contributed by atoms with E-state index < -0.39 is 12.1 Å². The fraction of sp³-hybridized carbons (Fsp3) is 0.455. The molecule has 0 fully saturated rings. The molecule has 1 atom stereocenters. The fourth-order valence-electron chi connectivity index (χ4n) is 1.87. The highest BCUT2D eigenvalue weighted by Gasteiger charge is 2.23. The van der Waals surface area contributed by atoms with Gasteiger partial charge in [-0.05, 0) is 0 Å². The van der Waals surface area contributed by atoms with E-state index in [9.17, 15) is 15.0 Å². The summed E-state index contributed by atoms with van der Waals surface area (Å²) in [5.41, 5.74) is 0.669. The summed E-state index contributed by atoms with van der Waals surface area (Å²) < 4.78 is 7.83. The first-order valence-corrected chi connectivity index (χ1v) is 5.85. The van der Waals surface area contributed by atoms with Gasteiger partial charge in [0.2, 0.25) is 0 Å². The van der Waals surface area contributed by atoms with Gasteiger partial charge >= 0.3 is 5.97 Å². The van der Waals surface area contributed by atoms with Gasteiger partial charge in [0, 0.05) is 14.2 Å². The zero-order valence-electron chi connectivity index (χ0n) is 11.1. The largest absolute Gasteiger partial charge is 0.476 e. The minimum absolute atomic E-state index is 0.0780. The van der Waals surface area contributed by atoms with Crippen LogP contribution in [-0.2, 0) is 18.3 Å². The van der Waals surface area contributed by atoms with E-state index in [1.807, 2.05) is 0 Å². The quantitative estimate of drug-likeness (QED) is 0.725. The summed E-state index contributed by atoms with van der Waals surface area (Å²) in [7, 11) is 3.20. The maximum Gasteiger partial charge on any atom is 0.358 e. The SMILES string of the molecule is COCC(O)Cn1nnc(C(=O)O)c1-c1cncn1C. The number of carboxylic acids is 1. The number of rotatable bonds is 6. The predicted molar refractivity (Wildman–Crippen MR) is 67.1 cm³/mol. The van der Waals surface area contributed by atoms with Crippen molar-refractivity contribution in [2.45, 2.75) is 12.6 Å². The minimum atomic E-state index is -1.19. The van der Waals surface area contributed by atoms with Crippen LogP contribution in [0.25, 0.3) is 11.4 Å². The van der Waals surface area contributed by atoms with Gasteiger partial charge in [-0.1, -0.05) is 5.21 Å². The van der Waals surface area contributed by atoms with Gasteiger partial charge in [-0.25, -0.2) is 14.5 Å². The number of hydrogen-bond acceptors (Lipinski definition) is 6. The average Bonchev–Trinajstić information content (AvgIpc) is 2.95. The zero-order chi connectivity index (χ0) is 14.7. The van der Waals surface area contributed by atoms with Crippen LogP contribution in [0.2, 0.25) is 0 Å². The van der Waals surface area contributed by atoms with Gasteiger partial charge in [0.15, 0.2) is 5.69 Å². The first-order valence-electron chi connectivity index (χ1n) is 5.85. The van der Waals surface area contributed by atoms with Crippen LogP contribution in [0.5, 0.6) is 0 Å². The van der Waals surface area contributed by atoms with E-state index in [2.05, 4.69) is 15.3 Å². The maximum absolute atomic E-state index is 11.2. The van der Waals surface area contributed by atoms with E-state index in [1.165, 1.54) is 18.0 Å². The van der Waals surface area contributed by atoms with Gasteiger partial charge in [-0.15, -0.1) is 5.10 Å². The Labute approximate surface area is 114 Å². The molecule has 0 spiro atoms. The van der Waals surface area contributed by atoms with Crippen molar-refractivity contribution in [3.63, 3.8) is 0 Å². The second-order valence-electron chi connectivity index (χ2n) is 4.27. The number of imidazole rings is 1. The van der Waals surface area contributed by atoms with Crippen molar-refractivity contribution < 1.29 is 19.7 Å². The molecule has 20 heavy (non-hydrogen) atoms. The van der Waals surface area contributed by atoms with E-state index in [0.29, 0.717) is 11.4 Å². The molecule has 0 aliphatic rings. The molecule has 9 heteroatoms. The Morgan fingerprint density at radius 1 is 1.55 bits per heavy atom. The topological polar surface area (TPSA) is 115 Å². The van der Waals surface area contributed by atoms with Crippen LogP contribution in [0.15, 0.2) is 12.5 Å². The number of carbonyl (C=O) groups is 1. The van der Waals surface area contributed by atoms with Crippen molar-refractivity contribution in [1.82, 2.24) is 24.5 Å². The van der Waals surface area contributed by atoms with Gasteiger partial charge in [0.25, 0.3) is 0 Å². The van der Waals surface area contributed by atoms with E-state index in [1.54, 1.807) is 17.9 Å². The molecule has 0 aliphatic heterocycles. The van der Waals surface area contributed by atoms with Gasteiger partial charge in [-0.3, -0.25) is 0 Å². The van der Waals surface area contributed by atoms with E-state index in [-0.39, 0.29) is 18.8 Å². The Hall–Kier alpha value is -2.26. The first-order chi connectivity index (χ1) is 9.54. The van der Waals surface area contributed by atoms with Gasteiger partial charge in [0.05, 0.1) is 37.5 Å². The average molecular weight is 281 g/mol. The summed E-state index contributed by atoms with van der Waals surface area (Å²) in [6.45, 7) is 0.196. The normalized spacial score (nSPS) is 12.6. The number of ether oxygens (including phenoxy) is 1. The highest BCUT2D eigenvalue weighted by molar-refractivity contribution is 5.92. The lowest BCUT2D eigenvalue weighted by Crippen LogP contribution is -2.22. The van der Waals surface area contributed by atoms with Crippen LogP contribution in [-0.4, -0.2) is 60.5 Å². The molecule has 0 aliphatic carbocycles. The summed E-state index contributed by atoms with van der Waals surface area (Å²) in [4.78, 5) is 15.2. The molecular formula is C11H15N5O4. The number of hydrogen-bond donors (Lipinski definition) is 2. The Bertz CT molecular complexity index is 606. The molecule has 2 heterocycles. The van der Waals surface area contributed by atoms with Crippen LogP contribution >= 0.6 is 0 Å². The number of aromatic nitrogens is 5. The number of aromatic carboxylic acids is 1. The molecule has 2 aromatic rings. The summed E-state index contributed by atoms with van der Waals surface area (Å²) >= 11 is 0. The standard InChI is InChI=1S/C11H15N5O4/c1-15-6-12-3-8(15)10-9(11(18)19)13-14-16(10)4-7(17)5-20-2/h3,6-7,17H,4-5H2,1-2H3,(H,18,19). The number of aryl methyl sites for hydroxylation is 1. The third-order valence-corrected chi connectivity index (χ3v) is 2.74. The number of nitrogens with zero attached hydrogens (tertiary/aromatic N) is 5. The second-order valence-corrected chi connectivity index (χ2v) is 4.27. The summed E-state index contributed by atoms with van der Waals surface area (Å²) in [5.74, 6) is -1.19. The number of methoxy groups -OCH3 is 1. The third kappa shape index (κ3) is 2.68. The Morgan fingerprint density at radius 3 is 2.85 bits per heavy atom. The summed E-state index contributed by atoms with van der Waals surface area (Å²) in [5, 5.41) is 26.4. The van der Waals surface area contributed by atoms with Crippen molar-refractivity contribution in [2.75, 3.05) is 13.7 Å². The molecule has 0 saturated heterocycles. The molecule has 2 N–H and O–H groups in total. The van der Waals surface area contributed by atoms with Gasteiger partial charge in [-0.2, -0.15) is 0 Å². The fourth-order valence-corrected chi connectivity index (χ4v) is 1.87. The van der Waals surface area contributed by atoms with Gasteiger partial charge < -0.3 is 19.5 Å². The zero-order valence-corrected chi connectivity index (χ0v) is 11.1. The summed E-state index contributed by atoms with van der Waals surface area (Å²) in [6.07, 6.45) is 2.25. The van der Waals surface area contributed by atoms with E-state index in [0.717, 1.165) is 0 Å². The highest BCUT2D eigenvalue weighted by atomic mass is 16.5. The Morgan fingerprint density at radius 2 is 2.30 bits per heavy atom. The third-order valence-electron chi connectivity index (χ3n) is 2.74. The Kier molecular flexibility index (Phi) is 4.11. The molecule has 2 rings (SSSR count). The molecular weight excluding hydrogens is 266 g/mol. The van der Waals surface area contributed by atoms with Crippen LogP contribution < -0.4 is 0 Å². The molecule has 0 saturated carbocycles. The molecule has 0 aromatic carbocycles. The molecule has 0 radical (unpaired) electrons. The molecule has 0 amide bonds. The van der Waals surface area contributed by atoms with Crippen LogP contribution in [0.3, 0.4) is 0 Å². The van der Waals surface area contributed by atoms with Crippen LogP contribution in [0.1, 0.15) is 10.5 Å². The number of aliphatic hydroxyl groups is 1. The number of carboxylic acid groups (broad SMARTS) is 1. The first kappa shape index (κ1) is 14.2. The van der Waals surface area contributed by atoms with Crippen LogP contribution in [0, 0.1) is 0 Å². The van der Waals surface area contributed by atoms with Crippen molar-refractivity contribution >= 4 is 5.97 Å². The molecule has 1 unspecified atom stereocenters. The lowest BCUT2D eigenvalue weighted by molar-refractivity contribution is 0.0513. The lowest BCUT2D eigenvalue weighted by Gasteiger charge is -2.12. The molecule has 0 bridgehead atoms. The van der Waals surface area contributed by atoms with Crippen LogP contribution in [0.4, 0.5) is 0 Å². The second kappa shape index (κ2) is 5.80. The van der Waals surface area contributed by atoms with Crippen molar-refractivity contribution in [3.8, 4) is 11.4 Å². The predicted octanol–water partition coefficient (Wildman–Crippen LogP) is -0.616. The molecule has 108 valence electrons. The Balaban J connectivity index is 2.43. The smallest absolute Gasteiger partial charge is 0.358 e. The van der Waals surface area contributed by atoms with Crippen molar-refractivity contribution in [3.05, 3.63) is 18.2 Å². The van der Waals surface area contributed by atoms with E-state index >= 15 is 0 Å². The monoisotopic (exact) mass is 281 g/mol. The molecule has 9 nitrogen and oxygen atoms in total. The lowest BCUT2D eigenvalue weighted by atomic mass is 10.2. The number of aliphatic hydroxyl groups excluding tert-OH is 1. The molecule has 2 aromatic heterocycles. The summed E-state index contributed by atoms with van der Waals surface area (Å²) in [6, 6.07) is 0. The van der Waals surface area contributed by atoms with Crippen molar-refractivity contribution in [1.29, 1.82) is 0 Å². The van der Waals surface area contributed by atoms with Gasteiger partial charge in [0.1, 0.15) is 5.69 Å². The van der Waals surface area contributed by atoms with E-state index in [4.69, 9.17) is 4.74 Å². The van der Waals surface area contributed by atoms with Crippen molar-refractivity contribution in [2.24, 2.45) is 7.05 Å². The minimum Gasteiger partial charge on any atom is -0.476 e. The maximum atomic E-state index is 11.2. The highest BCUT2D eigenvalue weighted by Crippen LogP contribution is 2.21.